The molecule has 0 aliphatic rings. The molecule has 0 aromatic heterocycles. The van der Waals surface area contributed by atoms with Crippen molar-refractivity contribution in [3.8, 4) is 5.75 Å². The first-order valence-electron chi connectivity index (χ1n) is 5.53. The molecule has 1 N–H and O–H groups in total. The fourth-order valence-electron chi connectivity index (χ4n) is 1.27. The number of para-hydroxylation sites is 1. The highest BCUT2D eigenvalue weighted by molar-refractivity contribution is 5.25. The molecular formula is C12H18F2N2O. The van der Waals surface area contributed by atoms with Gasteiger partial charge >= 0.3 is 0 Å². The summed E-state index contributed by atoms with van der Waals surface area (Å²) >= 11 is 0. The third-order valence-electron chi connectivity index (χ3n) is 2.18. The Morgan fingerprint density at radius 2 is 1.82 bits per heavy atom. The molecule has 0 atom stereocenters. The van der Waals surface area contributed by atoms with Crippen LogP contribution in [0.15, 0.2) is 18.2 Å². The quantitative estimate of drug-likeness (QED) is 0.736. The number of nitrogens with one attached hydrogen (secondary N) is 1. The monoisotopic (exact) mass is 244 g/mol. The van der Waals surface area contributed by atoms with E-state index in [1.807, 2.05) is 19.0 Å². The summed E-state index contributed by atoms with van der Waals surface area (Å²) in [6.45, 7) is 2.52. The predicted molar refractivity (Wildman–Crippen MR) is 63.3 cm³/mol. The average molecular weight is 244 g/mol. The van der Waals surface area contributed by atoms with Crippen molar-refractivity contribution >= 4 is 0 Å². The van der Waals surface area contributed by atoms with Crippen LogP contribution >= 0.6 is 0 Å². The first-order valence-corrected chi connectivity index (χ1v) is 5.53. The van der Waals surface area contributed by atoms with Crippen LogP contribution in [0.1, 0.15) is 0 Å². The van der Waals surface area contributed by atoms with E-state index in [9.17, 15) is 8.78 Å². The second-order valence-electron chi connectivity index (χ2n) is 3.95. The molecule has 3 nitrogen and oxygen atoms in total. The molecule has 0 aliphatic heterocycles. The lowest BCUT2D eigenvalue weighted by Gasteiger charge is -2.11. The second-order valence-corrected chi connectivity index (χ2v) is 3.95. The topological polar surface area (TPSA) is 24.5 Å². The zero-order chi connectivity index (χ0) is 12.7. The SMILES string of the molecule is CN(C)CCNCCOc1c(F)cccc1F. The lowest BCUT2D eigenvalue weighted by Crippen LogP contribution is -2.29. The van der Waals surface area contributed by atoms with E-state index in [1.54, 1.807) is 0 Å². The van der Waals surface area contributed by atoms with Crippen LogP contribution in [0, 0.1) is 11.6 Å². The van der Waals surface area contributed by atoms with Crippen LogP contribution in [0.3, 0.4) is 0 Å². The van der Waals surface area contributed by atoms with Crippen molar-refractivity contribution in [1.82, 2.24) is 10.2 Å². The number of rotatable bonds is 7. The Balaban J connectivity index is 2.22. The summed E-state index contributed by atoms with van der Waals surface area (Å²) in [5.74, 6) is -1.64. The zero-order valence-corrected chi connectivity index (χ0v) is 10.2. The van der Waals surface area contributed by atoms with Crippen LogP contribution < -0.4 is 10.1 Å². The van der Waals surface area contributed by atoms with Gasteiger partial charge in [0.1, 0.15) is 6.61 Å². The minimum atomic E-state index is -0.668. The number of likely N-dealkylation sites (N-methyl/N-ethyl adjacent to an activating group) is 1. The summed E-state index contributed by atoms with van der Waals surface area (Å²) in [6, 6.07) is 3.67. The van der Waals surface area contributed by atoms with E-state index in [4.69, 9.17) is 4.74 Å². The highest BCUT2D eigenvalue weighted by Gasteiger charge is 2.08. The molecule has 1 aromatic carbocycles. The van der Waals surface area contributed by atoms with Gasteiger partial charge in [-0.15, -0.1) is 0 Å². The van der Waals surface area contributed by atoms with Gasteiger partial charge in [-0.05, 0) is 26.2 Å². The van der Waals surface area contributed by atoms with Crippen LogP contribution in [0.2, 0.25) is 0 Å². The lowest BCUT2D eigenvalue weighted by atomic mass is 10.3. The van der Waals surface area contributed by atoms with Gasteiger partial charge in [0.2, 0.25) is 0 Å². The molecule has 0 spiro atoms. The molecule has 0 unspecified atom stereocenters. The Morgan fingerprint density at radius 3 is 2.41 bits per heavy atom. The molecule has 0 saturated heterocycles. The van der Waals surface area contributed by atoms with Gasteiger partial charge in [0.05, 0.1) is 0 Å². The van der Waals surface area contributed by atoms with Crippen LogP contribution in [0.5, 0.6) is 5.75 Å². The second kappa shape index (κ2) is 7.19. The molecule has 5 heteroatoms. The molecule has 0 amide bonds. The lowest BCUT2D eigenvalue weighted by molar-refractivity contribution is 0.280. The molecule has 0 heterocycles. The molecule has 0 fully saturated rings. The van der Waals surface area contributed by atoms with Crippen molar-refractivity contribution in [1.29, 1.82) is 0 Å². The number of benzene rings is 1. The van der Waals surface area contributed by atoms with E-state index in [0.29, 0.717) is 6.54 Å². The van der Waals surface area contributed by atoms with E-state index in [0.717, 1.165) is 13.1 Å². The number of halogens is 2. The highest BCUT2D eigenvalue weighted by Crippen LogP contribution is 2.20. The third-order valence-corrected chi connectivity index (χ3v) is 2.18. The summed E-state index contributed by atoms with van der Waals surface area (Å²) in [4.78, 5) is 2.05. The van der Waals surface area contributed by atoms with Crippen LogP contribution in [0.25, 0.3) is 0 Å². The summed E-state index contributed by atoms with van der Waals surface area (Å²) in [5, 5.41) is 3.11. The van der Waals surface area contributed by atoms with Crippen LogP contribution in [0.4, 0.5) is 8.78 Å². The van der Waals surface area contributed by atoms with E-state index in [-0.39, 0.29) is 12.4 Å². The molecule has 0 bridgehead atoms. The van der Waals surface area contributed by atoms with Crippen molar-refractivity contribution in [2.45, 2.75) is 0 Å². The van der Waals surface area contributed by atoms with Crippen molar-refractivity contribution < 1.29 is 13.5 Å². The molecule has 1 aromatic rings. The van der Waals surface area contributed by atoms with Gasteiger partial charge in [-0.25, -0.2) is 8.78 Å². The maximum absolute atomic E-state index is 13.1. The van der Waals surface area contributed by atoms with E-state index < -0.39 is 11.6 Å². The molecule has 17 heavy (non-hydrogen) atoms. The van der Waals surface area contributed by atoms with Gasteiger partial charge in [0.15, 0.2) is 17.4 Å². The van der Waals surface area contributed by atoms with E-state index >= 15 is 0 Å². The Kier molecular flexibility index (Phi) is 5.86. The Morgan fingerprint density at radius 1 is 1.18 bits per heavy atom. The van der Waals surface area contributed by atoms with Gasteiger partial charge in [-0.1, -0.05) is 6.07 Å². The molecule has 96 valence electrons. The highest BCUT2D eigenvalue weighted by atomic mass is 19.1. The fourth-order valence-corrected chi connectivity index (χ4v) is 1.27. The van der Waals surface area contributed by atoms with Gasteiger partial charge in [-0.2, -0.15) is 0 Å². The summed E-state index contributed by atoms with van der Waals surface area (Å²) < 4.78 is 31.3. The zero-order valence-electron chi connectivity index (χ0n) is 10.2. The van der Waals surface area contributed by atoms with Crippen molar-refractivity contribution in [2.75, 3.05) is 40.3 Å². The molecule has 1 rings (SSSR count). The normalized spacial score (nSPS) is 10.9. The fraction of sp³-hybridized carbons (Fsp3) is 0.500. The number of nitrogens with zero attached hydrogens (tertiary/aromatic N) is 1. The average Bonchev–Trinajstić information content (AvgIpc) is 2.26. The van der Waals surface area contributed by atoms with Gasteiger partial charge in [0.25, 0.3) is 0 Å². The Bertz CT molecular complexity index is 325. The first-order chi connectivity index (χ1) is 8.11. The number of ether oxygens (including phenoxy) is 1. The summed E-state index contributed by atoms with van der Waals surface area (Å²) in [5.41, 5.74) is 0. The predicted octanol–water partition coefficient (Wildman–Crippen LogP) is 1.49. The van der Waals surface area contributed by atoms with Gasteiger partial charge < -0.3 is 15.0 Å². The molecule has 0 saturated carbocycles. The van der Waals surface area contributed by atoms with Crippen molar-refractivity contribution in [2.24, 2.45) is 0 Å². The minimum Gasteiger partial charge on any atom is -0.486 e. The standard InChI is InChI=1S/C12H18F2N2O/c1-16(2)8-6-15-7-9-17-12-10(13)4-3-5-11(12)14/h3-5,15H,6-9H2,1-2H3. The number of hydrogen-bond acceptors (Lipinski definition) is 3. The Hall–Kier alpha value is -1.20. The largest absolute Gasteiger partial charge is 0.486 e. The minimum absolute atomic E-state index is 0.241. The molecule has 0 aliphatic carbocycles. The first kappa shape index (κ1) is 13.9. The van der Waals surface area contributed by atoms with Crippen molar-refractivity contribution in [3.63, 3.8) is 0 Å². The van der Waals surface area contributed by atoms with Crippen LogP contribution in [-0.2, 0) is 0 Å². The molecular weight excluding hydrogens is 226 g/mol. The van der Waals surface area contributed by atoms with Gasteiger partial charge in [-0.3, -0.25) is 0 Å². The summed E-state index contributed by atoms with van der Waals surface area (Å²) in [6.07, 6.45) is 0. The maximum atomic E-state index is 13.1. The number of hydrogen-bond donors (Lipinski definition) is 1. The van der Waals surface area contributed by atoms with Crippen LogP contribution in [-0.4, -0.2) is 45.2 Å². The Labute approximate surface area is 100 Å². The smallest absolute Gasteiger partial charge is 0.190 e. The van der Waals surface area contributed by atoms with Crippen molar-refractivity contribution in [3.05, 3.63) is 29.8 Å². The molecule has 0 radical (unpaired) electrons. The maximum Gasteiger partial charge on any atom is 0.190 e. The van der Waals surface area contributed by atoms with E-state index in [2.05, 4.69) is 5.32 Å². The summed E-state index contributed by atoms with van der Waals surface area (Å²) in [7, 11) is 3.96. The van der Waals surface area contributed by atoms with Gasteiger partial charge in [0, 0.05) is 19.6 Å². The third kappa shape index (κ3) is 5.10. The van der Waals surface area contributed by atoms with E-state index in [1.165, 1.54) is 18.2 Å².